The monoisotopic (exact) mass is 334 g/mol. The van der Waals surface area contributed by atoms with Gasteiger partial charge in [-0.3, -0.25) is 4.79 Å². The van der Waals surface area contributed by atoms with E-state index in [1.165, 1.54) is 14.0 Å². The second-order valence-electron chi connectivity index (χ2n) is 5.11. The molecular formula is C12H22N4O7. The normalized spacial score (nSPS) is 32.0. The number of nitrogens with zero attached hydrogens (tertiary/aromatic N) is 3. The van der Waals surface area contributed by atoms with Gasteiger partial charge in [0.05, 0.1) is 25.9 Å². The van der Waals surface area contributed by atoms with Gasteiger partial charge in [-0.1, -0.05) is 5.11 Å². The van der Waals surface area contributed by atoms with Crippen molar-refractivity contribution in [2.75, 3.05) is 26.9 Å². The molecule has 11 nitrogen and oxygen atoms in total. The summed E-state index contributed by atoms with van der Waals surface area (Å²) in [6, 6.07) is -1.04. The molecule has 0 saturated carbocycles. The minimum atomic E-state index is -1.39. The zero-order valence-electron chi connectivity index (χ0n) is 12.9. The van der Waals surface area contributed by atoms with E-state index in [1.54, 1.807) is 0 Å². The van der Waals surface area contributed by atoms with Crippen LogP contribution in [0.3, 0.4) is 0 Å². The second-order valence-corrected chi connectivity index (χ2v) is 5.11. The van der Waals surface area contributed by atoms with Crippen molar-refractivity contribution in [1.82, 2.24) is 5.32 Å². The van der Waals surface area contributed by atoms with Crippen LogP contribution in [0.2, 0.25) is 0 Å². The third-order valence-electron chi connectivity index (χ3n) is 3.21. The zero-order valence-corrected chi connectivity index (χ0v) is 12.9. The van der Waals surface area contributed by atoms with Crippen LogP contribution in [0, 0.1) is 0 Å². The molecule has 0 spiro atoms. The predicted octanol–water partition coefficient (Wildman–Crippen LogP) is -1.73. The summed E-state index contributed by atoms with van der Waals surface area (Å²) < 4.78 is 15.6. The van der Waals surface area contributed by atoms with Crippen LogP contribution in [0.4, 0.5) is 0 Å². The molecule has 0 aromatic rings. The van der Waals surface area contributed by atoms with E-state index in [2.05, 4.69) is 15.3 Å². The first-order valence-electron chi connectivity index (χ1n) is 6.98. The number of methoxy groups -OCH3 is 1. The third-order valence-corrected chi connectivity index (χ3v) is 3.21. The molecule has 0 aliphatic carbocycles. The van der Waals surface area contributed by atoms with E-state index in [-0.39, 0.29) is 19.8 Å². The van der Waals surface area contributed by atoms with Crippen LogP contribution in [-0.2, 0) is 19.0 Å². The Labute approximate surface area is 132 Å². The molecule has 0 radical (unpaired) electrons. The molecule has 1 fully saturated rings. The average Bonchev–Trinajstić information content (AvgIpc) is 2.50. The summed E-state index contributed by atoms with van der Waals surface area (Å²) >= 11 is 0. The van der Waals surface area contributed by atoms with E-state index >= 15 is 0 Å². The number of ether oxygens (including phenoxy) is 3. The quantitative estimate of drug-likeness (QED) is 0.232. The summed E-state index contributed by atoms with van der Waals surface area (Å²) in [7, 11) is 1.41. The van der Waals surface area contributed by atoms with Crippen molar-refractivity contribution < 1.29 is 34.3 Å². The van der Waals surface area contributed by atoms with Crippen LogP contribution < -0.4 is 5.32 Å². The molecule has 6 atom stereocenters. The Morgan fingerprint density at radius 3 is 2.70 bits per heavy atom. The Kier molecular flexibility index (Phi) is 8.20. The SMILES string of the molecule is COCC(O)COC1OC(CN=[N+]=[N-])C(O)C(O)C1NC(C)=O. The van der Waals surface area contributed by atoms with E-state index < -0.39 is 42.7 Å². The molecule has 1 amide bonds. The molecule has 11 heteroatoms. The molecule has 132 valence electrons. The van der Waals surface area contributed by atoms with Gasteiger partial charge in [0.1, 0.15) is 24.4 Å². The molecule has 6 unspecified atom stereocenters. The van der Waals surface area contributed by atoms with Crippen molar-refractivity contribution in [1.29, 1.82) is 0 Å². The maximum atomic E-state index is 11.3. The lowest BCUT2D eigenvalue weighted by molar-refractivity contribution is -0.267. The van der Waals surface area contributed by atoms with Crippen LogP contribution in [0.25, 0.3) is 10.4 Å². The molecule has 1 aliphatic rings. The fourth-order valence-corrected chi connectivity index (χ4v) is 2.18. The minimum Gasteiger partial charge on any atom is -0.388 e. The largest absolute Gasteiger partial charge is 0.388 e. The highest BCUT2D eigenvalue weighted by atomic mass is 16.7. The fourth-order valence-electron chi connectivity index (χ4n) is 2.18. The Morgan fingerprint density at radius 2 is 2.13 bits per heavy atom. The first-order chi connectivity index (χ1) is 10.9. The number of aliphatic hydroxyl groups excluding tert-OH is 3. The summed E-state index contributed by atoms with van der Waals surface area (Å²) in [5.41, 5.74) is 8.34. The number of aliphatic hydroxyl groups is 3. The second kappa shape index (κ2) is 9.63. The van der Waals surface area contributed by atoms with Crippen LogP contribution >= 0.6 is 0 Å². The van der Waals surface area contributed by atoms with E-state index in [0.29, 0.717) is 0 Å². The molecule has 0 bridgehead atoms. The van der Waals surface area contributed by atoms with Gasteiger partial charge in [-0.2, -0.15) is 0 Å². The number of hydrogen-bond acceptors (Lipinski definition) is 8. The number of nitrogens with one attached hydrogen (secondary N) is 1. The molecule has 0 aromatic heterocycles. The average molecular weight is 334 g/mol. The zero-order chi connectivity index (χ0) is 17.4. The summed E-state index contributed by atoms with van der Waals surface area (Å²) in [6.45, 7) is 0.875. The topological polar surface area (TPSA) is 166 Å². The summed E-state index contributed by atoms with van der Waals surface area (Å²) in [5, 5.41) is 35.5. The van der Waals surface area contributed by atoms with Crippen molar-refractivity contribution in [3.8, 4) is 0 Å². The van der Waals surface area contributed by atoms with Crippen molar-refractivity contribution >= 4 is 5.91 Å². The van der Waals surface area contributed by atoms with Crippen LogP contribution in [0.15, 0.2) is 5.11 Å². The molecule has 1 rings (SSSR count). The fraction of sp³-hybridized carbons (Fsp3) is 0.917. The lowest BCUT2D eigenvalue weighted by atomic mass is 9.96. The maximum Gasteiger partial charge on any atom is 0.217 e. The van der Waals surface area contributed by atoms with Crippen molar-refractivity contribution in [2.45, 2.75) is 43.7 Å². The van der Waals surface area contributed by atoms with Gasteiger partial charge in [0, 0.05) is 18.9 Å². The van der Waals surface area contributed by atoms with Gasteiger partial charge in [0.15, 0.2) is 6.29 Å². The van der Waals surface area contributed by atoms with Crippen molar-refractivity contribution in [3.05, 3.63) is 10.4 Å². The highest BCUT2D eigenvalue weighted by Crippen LogP contribution is 2.23. The van der Waals surface area contributed by atoms with E-state index in [1.807, 2.05) is 0 Å². The standard InChI is InChI=1S/C12H22N4O7/c1-6(17)15-9-11(20)10(19)8(3-14-16-13)23-12(9)22-5-7(18)4-21-2/h7-12,18-20H,3-5H2,1-2H3,(H,15,17). The Hall–Kier alpha value is -1.46. The Bertz CT molecular complexity index is 432. The van der Waals surface area contributed by atoms with E-state index in [4.69, 9.17) is 19.7 Å². The van der Waals surface area contributed by atoms with E-state index in [0.717, 1.165) is 0 Å². The maximum absolute atomic E-state index is 11.3. The molecule has 1 saturated heterocycles. The first kappa shape index (κ1) is 19.6. The van der Waals surface area contributed by atoms with Gasteiger partial charge < -0.3 is 34.8 Å². The van der Waals surface area contributed by atoms with Gasteiger partial charge in [-0.15, -0.1) is 0 Å². The lowest BCUT2D eigenvalue weighted by Gasteiger charge is -2.42. The number of rotatable bonds is 8. The van der Waals surface area contributed by atoms with Gasteiger partial charge >= 0.3 is 0 Å². The Balaban J connectivity index is 2.79. The van der Waals surface area contributed by atoms with Crippen LogP contribution in [0.1, 0.15) is 6.92 Å². The van der Waals surface area contributed by atoms with Gasteiger partial charge in [0.2, 0.25) is 5.91 Å². The molecule has 1 heterocycles. The molecule has 4 N–H and O–H groups in total. The van der Waals surface area contributed by atoms with Crippen LogP contribution in [0.5, 0.6) is 0 Å². The molecular weight excluding hydrogens is 312 g/mol. The smallest absolute Gasteiger partial charge is 0.217 e. The number of amides is 1. The molecule has 0 aromatic carbocycles. The highest BCUT2D eigenvalue weighted by molar-refractivity contribution is 5.73. The van der Waals surface area contributed by atoms with Gasteiger partial charge in [-0.05, 0) is 5.53 Å². The first-order valence-corrected chi connectivity index (χ1v) is 6.98. The number of azide groups is 1. The number of hydrogen-bond donors (Lipinski definition) is 4. The van der Waals surface area contributed by atoms with Crippen LogP contribution in [-0.4, -0.2) is 84.8 Å². The lowest BCUT2D eigenvalue weighted by Crippen LogP contribution is -2.64. The highest BCUT2D eigenvalue weighted by Gasteiger charge is 2.45. The van der Waals surface area contributed by atoms with Crippen molar-refractivity contribution in [2.24, 2.45) is 5.11 Å². The summed E-state index contributed by atoms with van der Waals surface area (Å²) in [4.78, 5) is 13.8. The van der Waals surface area contributed by atoms with Gasteiger partial charge in [-0.25, -0.2) is 0 Å². The Morgan fingerprint density at radius 1 is 1.43 bits per heavy atom. The van der Waals surface area contributed by atoms with Crippen molar-refractivity contribution in [3.63, 3.8) is 0 Å². The summed E-state index contributed by atoms with van der Waals surface area (Å²) in [5.74, 6) is -0.454. The van der Waals surface area contributed by atoms with E-state index in [9.17, 15) is 20.1 Å². The number of carbonyl (C=O) groups is 1. The molecule has 1 aliphatic heterocycles. The predicted molar refractivity (Wildman–Crippen MR) is 76.1 cm³/mol. The molecule has 23 heavy (non-hydrogen) atoms. The minimum absolute atomic E-state index is 0.0326. The third kappa shape index (κ3) is 5.92. The summed E-state index contributed by atoms with van der Waals surface area (Å²) in [6.07, 6.45) is -5.84. The van der Waals surface area contributed by atoms with Gasteiger partial charge in [0.25, 0.3) is 0 Å². The number of carbonyl (C=O) groups excluding carboxylic acids is 1.